The van der Waals surface area contributed by atoms with Crippen LogP contribution in [0.2, 0.25) is 0 Å². The summed E-state index contributed by atoms with van der Waals surface area (Å²) >= 11 is 1.49. The van der Waals surface area contributed by atoms with Gasteiger partial charge in [-0.15, -0.1) is 11.3 Å². The Morgan fingerprint density at radius 2 is 1.82 bits per heavy atom. The molecular weight excluding hydrogens is 451 g/mol. The van der Waals surface area contributed by atoms with Crippen LogP contribution in [0.25, 0.3) is 0 Å². The van der Waals surface area contributed by atoms with E-state index in [0.717, 1.165) is 36.1 Å². The lowest BCUT2D eigenvalue weighted by Gasteiger charge is -2.32. The number of amides is 2. The molecule has 0 bridgehead atoms. The van der Waals surface area contributed by atoms with Crippen molar-refractivity contribution in [2.45, 2.75) is 50.7 Å². The molecule has 2 aromatic carbocycles. The fourth-order valence-electron chi connectivity index (χ4n) is 4.41. The van der Waals surface area contributed by atoms with E-state index in [1.54, 1.807) is 25.3 Å². The molecule has 2 amide bonds. The van der Waals surface area contributed by atoms with Gasteiger partial charge in [-0.1, -0.05) is 49.2 Å². The molecule has 0 unspecified atom stereocenters. The lowest BCUT2D eigenvalue weighted by molar-refractivity contribution is -0.141. The van der Waals surface area contributed by atoms with Crippen LogP contribution in [0, 0.1) is 5.82 Å². The minimum Gasteiger partial charge on any atom is -0.497 e. The van der Waals surface area contributed by atoms with Gasteiger partial charge in [0.25, 0.3) is 0 Å². The minimum atomic E-state index is -1.07. The first-order chi connectivity index (χ1) is 16.5. The van der Waals surface area contributed by atoms with E-state index in [4.69, 9.17) is 4.74 Å². The summed E-state index contributed by atoms with van der Waals surface area (Å²) in [5, 5.41) is 5.00. The van der Waals surface area contributed by atoms with Crippen molar-refractivity contribution >= 4 is 23.2 Å². The van der Waals surface area contributed by atoms with Gasteiger partial charge in [0.05, 0.1) is 13.5 Å². The molecule has 1 N–H and O–H groups in total. The maximum Gasteiger partial charge on any atom is 0.247 e. The number of rotatable bonds is 9. The van der Waals surface area contributed by atoms with Gasteiger partial charge < -0.3 is 15.0 Å². The average Bonchev–Trinajstić information content (AvgIpc) is 3.55. The average molecular weight is 481 g/mol. The molecule has 7 heteroatoms. The van der Waals surface area contributed by atoms with Crippen molar-refractivity contribution in [1.29, 1.82) is 0 Å². The second-order valence-electron chi connectivity index (χ2n) is 8.54. The SMILES string of the molecule is COc1ccc(CN(C(=O)Cc2cccs2)[C@@H](C(=O)NC2CCCC2)c2ccccc2F)cc1. The number of methoxy groups -OCH3 is 1. The molecule has 178 valence electrons. The predicted molar refractivity (Wildman–Crippen MR) is 131 cm³/mol. The van der Waals surface area contributed by atoms with Gasteiger partial charge in [-0.3, -0.25) is 9.59 Å². The predicted octanol–water partition coefficient (Wildman–Crippen LogP) is 5.27. The molecule has 5 nitrogen and oxygen atoms in total. The first-order valence-electron chi connectivity index (χ1n) is 11.5. The van der Waals surface area contributed by atoms with Crippen molar-refractivity contribution < 1.29 is 18.7 Å². The number of nitrogens with zero attached hydrogens (tertiary/aromatic N) is 1. The van der Waals surface area contributed by atoms with Crippen molar-refractivity contribution in [2.24, 2.45) is 0 Å². The minimum absolute atomic E-state index is 0.0528. The van der Waals surface area contributed by atoms with Crippen molar-refractivity contribution in [2.75, 3.05) is 7.11 Å². The fraction of sp³-hybridized carbons (Fsp3) is 0.333. The number of carbonyl (C=O) groups excluding carboxylic acids is 2. The van der Waals surface area contributed by atoms with Gasteiger partial charge in [-0.2, -0.15) is 0 Å². The van der Waals surface area contributed by atoms with Crippen LogP contribution in [0.4, 0.5) is 4.39 Å². The van der Waals surface area contributed by atoms with Crippen LogP contribution in [0.5, 0.6) is 5.75 Å². The molecule has 0 saturated heterocycles. The molecule has 0 spiro atoms. The molecule has 1 aromatic heterocycles. The number of halogens is 1. The monoisotopic (exact) mass is 480 g/mol. The molecule has 0 radical (unpaired) electrons. The maximum atomic E-state index is 15.0. The third kappa shape index (κ3) is 5.83. The van der Waals surface area contributed by atoms with Crippen molar-refractivity contribution in [3.8, 4) is 5.75 Å². The summed E-state index contributed by atoms with van der Waals surface area (Å²) in [4.78, 5) is 29.6. The summed E-state index contributed by atoms with van der Waals surface area (Å²) in [6.07, 6.45) is 4.06. The Kier molecular flexibility index (Phi) is 7.95. The Bertz CT molecular complexity index is 1100. The van der Waals surface area contributed by atoms with Crippen molar-refractivity contribution in [1.82, 2.24) is 10.2 Å². The molecule has 1 heterocycles. The van der Waals surface area contributed by atoms with E-state index in [1.165, 1.54) is 22.3 Å². The summed E-state index contributed by atoms with van der Waals surface area (Å²) in [6.45, 7) is 0.172. The molecule has 34 heavy (non-hydrogen) atoms. The molecule has 1 aliphatic carbocycles. The second-order valence-corrected chi connectivity index (χ2v) is 9.57. The van der Waals surface area contributed by atoms with Crippen LogP contribution in [-0.4, -0.2) is 29.9 Å². The number of nitrogens with one attached hydrogen (secondary N) is 1. The highest BCUT2D eigenvalue weighted by Crippen LogP contribution is 2.29. The van der Waals surface area contributed by atoms with Crippen molar-refractivity contribution in [3.63, 3.8) is 0 Å². The topological polar surface area (TPSA) is 58.6 Å². The summed E-state index contributed by atoms with van der Waals surface area (Å²) in [5.41, 5.74) is 1.03. The lowest BCUT2D eigenvalue weighted by atomic mass is 10.0. The number of ether oxygens (including phenoxy) is 1. The zero-order valence-electron chi connectivity index (χ0n) is 19.2. The van der Waals surface area contributed by atoms with Crippen LogP contribution in [-0.2, 0) is 22.6 Å². The molecule has 1 aliphatic rings. The van der Waals surface area contributed by atoms with E-state index < -0.39 is 11.9 Å². The number of carbonyl (C=O) groups is 2. The Morgan fingerprint density at radius 3 is 2.47 bits per heavy atom. The van der Waals surface area contributed by atoms with Crippen LogP contribution < -0.4 is 10.1 Å². The molecule has 1 fully saturated rings. The first-order valence-corrected chi connectivity index (χ1v) is 12.4. The van der Waals surface area contributed by atoms with Gasteiger partial charge in [-0.05, 0) is 48.1 Å². The van der Waals surface area contributed by atoms with E-state index in [0.29, 0.717) is 5.75 Å². The molecule has 1 saturated carbocycles. The van der Waals surface area contributed by atoms with E-state index in [1.807, 2.05) is 41.8 Å². The molecule has 4 rings (SSSR count). The molecule has 3 aromatic rings. The van der Waals surface area contributed by atoms with Crippen LogP contribution in [0.3, 0.4) is 0 Å². The molecular formula is C27H29FN2O3S. The van der Waals surface area contributed by atoms with Gasteiger partial charge >= 0.3 is 0 Å². The summed E-state index contributed by atoms with van der Waals surface area (Å²) < 4.78 is 20.3. The van der Waals surface area contributed by atoms with E-state index >= 15 is 4.39 Å². The zero-order valence-corrected chi connectivity index (χ0v) is 20.0. The normalized spacial score (nSPS) is 14.5. The highest BCUT2D eigenvalue weighted by molar-refractivity contribution is 7.10. The molecule has 0 aliphatic heterocycles. The smallest absolute Gasteiger partial charge is 0.247 e. The van der Waals surface area contributed by atoms with Gasteiger partial charge in [0.15, 0.2) is 0 Å². The van der Waals surface area contributed by atoms with Crippen LogP contribution in [0.15, 0.2) is 66.0 Å². The highest BCUT2D eigenvalue weighted by Gasteiger charge is 2.35. The summed E-state index contributed by atoms with van der Waals surface area (Å²) in [5.74, 6) is -0.374. The third-order valence-corrected chi connectivity index (χ3v) is 7.08. The standard InChI is InChI=1S/C27H29FN2O3S/c1-33-21-14-12-19(13-15-21)18-30(25(31)17-22-9-6-16-34-22)26(23-10-4-5-11-24(23)28)27(32)29-20-7-2-3-8-20/h4-6,9-16,20,26H,2-3,7-8,17-18H2,1H3,(H,29,32)/t26-/m1/s1. The van der Waals surface area contributed by atoms with Gasteiger partial charge in [0.2, 0.25) is 11.8 Å². The van der Waals surface area contributed by atoms with E-state index in [2.05, 4.69) is 5.32 Å². The largest absolute Gasteiger partial charge is 0.497 e. The number of hydrogen-bond donors (Lipinski definition) is 1. The third-order valence-electron chi connectivity index (χ3n) is 6.20. The van der Waals surface area contributed by atoms with Crippen LogP contribution >= 0.6 is 11.3 Å². The van der Waals surface area contributed by atoms with Gasteiger partial charge in [0, 0.05) is 23.0 Å². The first kappa shape index (κ1) is 24.0. The summed E-state index contributed by atoms with van der Waals surface area (Å²) in [6, 6.07) is 16.3. The van der Waals surface area contributed by atoms with E-state index in [9.17, 15) is 9.59 Å². The summed E-state index contributed by atoms with van der Waals surface area (Å²) in [7, 11) is 1.59. The number of benzene rings is 2. The quantitative estimate of drug-likeness (QED) is 0.454. The van der Waals surface area contributed by atoms with Crippen LogP contribution in [0.1, 0.15) is 47.7 Å². The van der Waals surface area contributed by atoms with E-state index in [-0.39, 0.29) is 36.4 Å². The van der Waals surface area contributed by atoms with Gasteiger partial charge in [0.1, 0.15) is 17.6 Å². The molecule has 1 atom stereocenters. The Hall–Kier alpha value is -3.19. The Labute approximate surface area is 203 Å². The highest BCUT2D eigenvalue weighted by atomic mass is 32.1. The van der Waals surface area contributed by atoms with Gasteiger partial charge in [-0.25, -0.2) is 4.39 Å². The maximum absolute atomic E-state index is 15.0. The number of thiophene rings is 1. The zero-order chi connectivity index (χ0) is 23.9. The fourth-order valence-corrected chi connectivity index (χ4v) is 5.11. The Morgan fingerprint density at radius 1 is 1.09 bits per heavy atom. The van der Waals surface area contributed by atoms with Crippen molar-refractivity contribution in [3.05, 3.63) is 87.9 Å². The number of hydrogen-bond acceptors (Lipinski definition) is 4. The Balaban J connectivity index is 1.70. The second kappa shape index (κ2) is 11.3. The lowest BCUT2D eigenvalue weighted by Crippen LogP contribution is -2.46.